The molecule has 94 heavy (non-hydrogen) atoms. The lowest BCUT2D eigenvalue weighted by Gasteiger charge is -2.71. The molecule has 6 heterocycles. The summed E-state index contributed by atoms with van der Waals surface area (Å²) in [5, 5.41) is 189. The molecule has 0 spiro atoms. The average Bonchev–Trinajstić information content (AvgIpc) is 0.676. The smallest absolute Gasteiger partial charge is 0.310 e. The number of aliphatic hydroxyl groups excluding tert-OH is 16. The third kappa shape index (κ3) is 12.4. The van der Waals surface area contributed by atoms with Gasteiger partial charge in [0.2, 0.25) is 0 Å². The lowest BCUT2D eigenvalue weighted by molar-refractivity contribution is -0.406. The Morgan fingerprint density at radius 2 is 1.01 bits per heavy atom. The number of rotatable bonds is 16. The predicted octanol–water partition coefficient (Wildman–Crippen LogP) is -3.52. The minimum Gasteiger partial charge on any atom is -0.481 e. The van der Waals surface area contributed by atoms with E-state index in [9.17, 15) is 91.6 Å². The molecule has 11 aliphatic rings. The first kappa shape index (κ1) is 73.3. The fourth-order valence-electron chi connectivity index (χ4n) is 18.9. The molecule has 0 aromatic rings. The number of aliphatic carboxylic acids is 1. The van der Waals surface area contributed by atoms with Crippen molar-refractivity contribution in [3.05, 3.63) is 11.6 Å². The molecule has 6 aliphatic heterocycles. The Hall–Kier alpha value is -1.91. The van der Waals surface area contributed by atoms with Crippen LogP contribution in [-0.4, -0.2) is 304 Å². The summed E-state index contributed by atoms with van der Waals surface area (Å²) in [4.78, 5) is 13.3. The largest absolute Gasteiger partial charge is 0.481 e. The van der Waals surface area contributed by atoms with Gasteiger partial charge in [-0.25, -0.2) is 0 Å². The van der Waals surface area contributed by atoms with Gasteiger partial charge in [0.15, 0.2) is 37.7 Å². The second kappa shape index (κ2) is 27.5. The third-order valence-electron chi connectivity index (χ3n) is 25.0. The van der Waals surface area contributed by atoms with Crippen LogP contribution in [0.25, 0.3) is 0 Å². The van der Waals surface area contributed by atoms with Gasteiger partial charge < -0.3 is 144 Å². The first-order chi connectivity index (χ1) is 44.1. The number of hydrogen-bond acceptors (Lipinski definition) is 29. The molecule has 10 fully saturated rings. The monoisotopic (exact) mass is 1350 g/mol. The van der Waals surface area contributed by atoms with Gasteiger partial charge >= 0.3 is 5.97 Å². The van der Waals surface area contributed by atoms with Crippen molar-refractivity contribution in [3.63, 3.8) is 0 Å². The summed E-state index contributed by atoms with van der Waals surface area (Å²) in [6, 6.07) is 0. The van der Waals surface area contributed by atoms with E-state index in [0.29, 0.717) is 25.7 Å². The zero-order valence-corrected chi connectivity index (χ0v) is 54.6. The maximum atomic E-state index is 13.3. The standard InChI is InChI=1S/C64H104O30/c1-25-36(70)40(74)43(77)53(85-25)93-50-46(80)56(88-32(21-66)48(50)91-54-44(78)41(75)47(31(20-65)87-54)90-52-42(76)38(72)29(68)22-83-52)92-49-37(71)26(2)86-55(45(49)79)94-51-39(73)30(69)23-84-57(51)89-35-12-13-60(5)33(61(35,6)24-67)11-14-63(8)34(60)10-9-27-28-19-59(3,4)15-17-64(28,58(81)82)18-16-62(27,63)7/h9,25-26,28-57,65-80H,10-24H2,1-8H3,(H,81,82)/t25-,26-,28+,29-,30-,31-,32+,33+,34+,35-,36-,37-,38+,39+,40+,41-,42-,43-,44-,45-,46+,47-,48+,49+,50+,51-,52+,53+,54+,55+,56-,57+,60-,61-,62+,63+,64+/m0/s1. The van der Waals surface area contributed by atoms with Gasteiger partial charge in [0, 0.05) is 5.41 Å². The van der Waals surface area contributed by atoms with Gasteiger partial charge in [-0.2, -0.15) is 0 Å². The van der Waals surface area contributed by atoms with E-state index in [1.165, 1.54) is 19.4 Å². The third-order valence-corrected chi connectivity index (χ3v) is 25.0. The van der Waals surface area contributed by atoms with Crippen LogP contribution in [0.4, 0.5) is 0 Å². The Morgan fingerprint density at radius 3 is 1.66 bits per heavy atom. The van der Waals surface area contributed by atoms with E-state index in [1.54, 1.807) is 0 Å². The zero-order chi connectivity index (χ0) is 68.4. The molecule has 0 radical (unpaired) electrons. The van der Waals surface area contributed by atoms with Crippen LogP contribution in [0.15, 0.2) is 11.6 Å². The molecule has 0 aromatic heterocycles. The molecule has 30 heteroatoms. The fourth-order valence-corrected chi connectivity index (χ4v) is 18.9. The summed E-state index contributed by atoms with van der Waals surface area (Å²) < 4.78 is 72.4. The summed E-state index contributed by atoms with van der Waals surface area (Å²) in [5.74, 6) is -0.680. The van der Waals surface area contributed by atoms with E-state index < -0.39 is 221 Å². The van der Waals surface area contributed by atoms with Crippen molar-refractivity contribution in [3.8, 4) is 0 Å². The van der Waals surface area contributed by atoms with Crippen LogP contribution in [0.3, 0.4) is 0 Å². The second-order valence-electron chi connectivity index (χ2n) is 30.8. The van der Waals surface area contributed by atoms with Gasteiger partial charge in [0.05, 0.1) is 56.8 Å². The van der Waals surface area contributed by atoms with Crippen molar-refractivity contribution in [1.29, 1.82) is 0 Å². The van der Waals surface area contributed by atoms with Gasteiger partial charge in [-0.3, -0.25) is 4.79 Å². The van der Waals surface area contributed by atoms with E-state index in [0.717, 1.165) is 38.5 Å². The van der Waals surface area contributed by atoms with Gasteiger partial charge in [-0.15, -0.1) is 0 Å². The quantitative estimate of drug-likeness (QED) is 0.0526. The van der Waals surface area contributed by atoms with Gasteiger partial charge in [0.1, 0.15) is 122 Å². The van der Waals surface area contributed by atoms with Crippen molar-refractivity contribution in [1.82, 2.24) is 0 Å². The normalized spacial score (nSPS) is 55.3. The van der Waals surface area contributed by atoms with Gasteiger partial charge in [-0.1, -0.05) is 53.2 Å². The molecule has 6 saturated heterocycles. The number of aliphatic hydroxyl groups is 16. The summed E-state index contributed by atoms with van der Waals surface area (Å²) in [6.45, 7) is 13.1. The van der Waals surface area contributed by atoms with Crippen LogP contribution in [0.1, 0.15) is 120 Å². The Morgan fingerprint density at radius 1 is 0.489 bits per heavy atom. The summed E-state index contributed by atoms with van der Waals surface area (Å²) in [7, 11) is 0. The molecule has 540 valence electrons. The highest BCUT2D eigenvalue weighted by Gasteiger charge is 2.71. The topological polar surface area (TPSA) is 472 Å². The first-order valence-electron chi connectivity index (χ1n) is 33.5. The van der Waals surface area contributed by atoms with Crippen molar-refractivity contribution < 1.29 is 148 Å². The van der Waals surface area contributed by atoms with Crippen LogP contribution in [0.2, 0.25) is 0 Å². The lowest BCUT2D eigenvalue weighted by Crippen LogP contribution is -2.69. The molecule has 0 unspecified atom stereocenters. The molecule has 5 aliphatic carbocycles. The maximum Gasteiger partial charge on any atom is 0.310 e. The molecule has 0 aromatic carbocycles. The van der Waals surface area contributed by atoms with E-state index >= 15 is 0 Å². The maximum absolute atomic E-state index is 13.3. The molecule has 37 atom stereocenters. The molecule has 0 bridgehead atoms. The Bertz CT molecular complexity index is 2640. The van der Waals surface area contributed by atoms with Crippen molar-refractivity contribution in [2.24, 2.45) is 50.2 Å². The molecule has 0 amide bonds. The molecular weight excluding hydrogens is 1250 g/mol. The predicted molar refractivity (Wildman–Crippen MR) is 315 cm³/mol. The highest BCUT2D eigenvalue weighted by molar-refractivity contribution is 5.76. The van der Waals surface area contributed by atoms with E-state index in [1.807, 2.05) is 6.92 Å². The number of fused-ring (bicyclic) bond motifs is 7. The van der Waals surface area contributed by atoms with E-state index in [2.05, 4.69) is 40.7 Å². The second-order valence-corrected chi connectivity index (χ2v) is 30.8. The fraction of sp³-hybridized carbons (Fsp3) is 0.953. The minimum atomic E-state index is -2.20. The number of carboxylic acid groups (broad SMARTS) is 1. The van der Waals surface area contributed by atoms with E-state index in [4.69, 9.17) is 56.8 Å². The van der Waals surface area contributed by atoms with Gasteiger partial charge in [0.25, 0.3) is 0 Å². The lowest BCUT2D eigenvalue weighted by atomic mass is 9.33. The Kier molecular flexibility index (Phi) is 21.4. The van der Waals surface area contributed by atoms with Crippen LogP contribution < -0.4 is 0 Å². The van der Waals surface area contributed by atoms with Crippen LogP contribution in [-0.2, 0) is 61.6 Å². The summed E-state index contributed by atoms with van der Waals surface area (Å²) >= 11 is 0. The number of ether oxygens (including phenoxy) is 12. The van der Waals surface area contributed by atoms with Crippen molar-refractivity contribution in [2.75, 3.05) is 33.0 Å². The molecule has 17 N–H and O–H groups in total. The average molecular weight is 1350 g/mol. The summed E-state index contributed by atoms with van der Waals surface area (Å²) in [6.07, 6.45) is -41.2. The van der Waals surface area contributed by atoms with E-state index in [-0.39, 0.29) is 46.0 Å². The molecule has 30 nitrogen and oxygen atoms in total. The zero-order valence-electron chi connectivity index (χ0n) is 54.6. The number of hydrogen-bond donors (Lipinski definition) is 17. The highest BCUT2D eigenvalue weighted by atomic mass is 16.8. The minimum absolute atomic E-state index is 0.00249. The molecule has 4 saturated carbocycles. The first-order valence-corrected chi connectivity index (χ1v) is 33.5. The number of allylic oxidation sites excluding steroid dienone is 2. The molecule has 11 rings (SSSR count). The molecular formula is C64H104O30. The highest BCUT2D eigenvalue weighted by Crippen LogP contribution is 2.76. The number of carbonyl (C=O) groups is 1. The van der Waals surface area contributed by atoms with Crippen LogP contribution >= 0.6 is 0 Å². The van der Waals surface area contributed by atoms with Crippen molar-refractivity contribution in [2.45, 2.75) is 298 Å². The Labute approximate surface area is 545 Å². The number of carboxylic acids is 1. The van der Waals surface area contributed by atoms with Crippen LogP contribution in [0.5, 0.6) is 0 Å². The van der Waals surface area contributed by atoms with Gasteiger partial charge in [-0.05, 0) is 117 Å². The van der Waals surface area contributed by atoms with Crippen LogP contribution in [0, 0.1) is 50.2 Å². The summed E-state index contributed by atoms with van der Waals surface area (Å²) in [5.41, 5.74) is -1.15. The van der Waals surface area contributed by atoms with Crippen molar-refractivity contribution >= 4 is 5.97 Å². The Balaban J connectivity index is 0.805. The SMILES string of the molecule is C[C@@H]1O[C@H](O[C@@H]2[C@@H](O)[C@H](O[C@H]3[C@H](O)[C@@H](O[C@@H]4[C@@H](O[C@H]5CC[C@@]6(C)[C@@H](CC[C@]7(C)[C@@H]6CC=C6[C@H]8CC(C)(C)CC[C@@]8(C(=O)O)CC[C@]67C)[C@]5(C)CO)OC[C@H](O)[C@H]4O)O[C@@H](C)[C@@H]3O)O[C@H](CO)[C@H]2O[C@H]2O[C@@H](CO)[C@H](O[C@H]3OC[C@H](O)[C@@H](O)[C@@H]3O)[C@@H](O)[C@@H]2O)[C@@H](O)[C@H](O)[C@H]1O.